The number of benzene rings is 3. The SMILES string of the molecule is C[C@H]1CCCN1Cc1nc2cc(NC(=O)c3ccc(-c4cn(CC5(CN6CCN(c7cccc8c7C(=O)N(C7CCC(=O)NC7=O)C8=O)CC6)CC5)nn4)cc3)ccc2[nH]1. The van der Waals surface area contributed by atoms with Crippen LogP contribution < -0.4 is 15.5 Å². The third-order valence-corrected chi connectivity index (χ3v) is 13.0. The molecule has 308 valence electrons. The van der Waals surface area contributed by atoms with E-state index in [1.165, 1.54) is 12.8 Å². The topological polar surface area (TPSA) is 182 Å². The van der Waals surface area contributed by atoms with Gasteiger partial charge in [0.15, 0.2) is 0 Å². The van der Waals surface area contributed by atoms with Gasteiger partial charge in [-0.05, 0) is 88.0 Å². The Balaban J connectivity index is 0.727. The molecular weight excluding hydrogens is 763 g/mol. The molecule has 4 aliphatic heterocycles. The van der Waals surface area contributed by atoms with Gasteiger partial charge in [-0.3, -0.25) is 48.7 Å². The number of carbonyl (C=O) groups is 5. The molecule has 0 radical (unpaired) electrons. The Kier molecular flexibility index (Phi) is 9.55. The summed E-state index contributed by atoms with van der Waals surface area (Å²) < 4.78 is 1.92. The molecule has 1 saturated carbocycles. The molecule has 3 aromatic carbocycles. The number of nitrogens with zero attached hydrogens (tertiary/aromatic N) is 8. The molecule has 60 heavy (non-hydrogen) atoms. The number of likely N-dealkylation sites (tertiary alicyclic amines) is 1. The number of piperazine rings is 1. The van der Waals surface area contributed by atoms with Crippen molar-refractivity contribution in [2.75, 3.05) is 49.5 Å². The average molecular weight is 810 g/mol. The third-order valence-electron chi connectivity index (χ3n) is 13.0. The Morgan fingerprint density at radius 3 is 2.48 bits per heavy atom. The number of imidazole rings is 1. The number of H-pyrrole nitrogens is 1. The molecule has 4 fully saturated rings. The van der Waals surface area contributed by atoms with E-state index < -0.39 is 29.7 Å². The minimum atomic E-state index is -0.993. The fourth-order valence-electron chi connectivity index (χ4n) is 9.40. The van der Waals surface area contributed by atoms with E-state index in [1.807, 2.05) is 47.3 Å². The van der Waals surface area contributed by atoms with Crippen LogP contribution in [0.25, 0.3) is 22.3 Å². The van der Waals surface area contributed by atoms with E-state index in [9.17, 15) is 24.0 Å². The van der Waals surface area contributed by atoms with Gasteiger partial charge in [-0.1, -0.05) is 23.4 Å². The molecule has 1 unspecified atom stereocenters. The molecule has 16 heteroatoms. The zero-order valence-corrected chi connectivity index (χ0v) is 33.5. The molecule has 5 aliphatic rings. The second-order valence-electron chi connectivity index (χ2n) is 17.1. The summed E-state index contributed by atoms with van der Waals surface area (Å²) in [5.74, 6) is -1.24. The van der Waals surface area contributed by atoms with Crippen molar-refractivity contribution in [3.8, 4) is 11.3 Å². The molecule has 10 rings (SSSR count). The van der Waals surface area contributed by atoms with Crippen LogP contribution >= 0.6 is 0 Å². The summed E-state index contributed by atoms with van der Waals surface area (Å²) in [7, 11) is 0. The smallest absolute Gasteiger partial charge is 0.264 e. The van der Waals surface area contributed by atoms with E-state index in [1.54, 1.807) is 24.3 Å². The van der Waals surface area contributed by atoms with Crippen molar-refractivity contribution in [1.82, 2.24) is 45.0 Å². The van der Waals surface area contributed by atoms with Gasteiger partial charge in [0, 0.05) is 74.0 Å². The summed E-state index contributed by atoms with van der Waals surface area (Å²) in [4.78, 5) is 80.8. The number of hydrogen-bond acceptors (Lipinski definition) is 11. The highest BCUT2D eigenvalue weighted by Gasteiger charge is 2.47. The van der Waals surface area contributed by atoms with E-state index in [0.29, 0.717) is 47.2 Å². The minimum absolute atomic E-state index is 0.0830. The van der Waals surface area contributed by atoms with Gasteiger partial charge in [-0.15, -0.1) is 5.10 Å². The van der Waals surface area contributed by atoms with Gasteiger partial charge in [-0.2, -0.15) is 0 Å². The van der Waals surface area contributed by atoms with Crippen LogP contribution in [-0.2, 0) is 22.7 Å². The van der Waals surface area contributed by atoms with E-state index >= 15 is 0 Å². The quantitative estimate of drug-likeness (QED) is 0.164. The molecule has 2 aromatic heterocycles. The maximum atomic E-state index is 13.7. The Bertz CT molecular complexity index is 2530. The van der Waals surface area contributed by atoms with Crippen LogP contribution in [0.4, 0.5) is 11.4 Å². The number of hydrogen-bond donors (Lipinski definition) is 3. The number of carbonyl (C=O) groups excluding carboxylic acids is 5. The molecule has 6 heterocycles. The highest BCUT2D eigenvalue weighted by atomic mass is 16.2. The maximum Gasteiger partial charge on any atom is 0.264 e. The Morgan fingerprint density at radius 1 is 0.917 bits per heavy atom. The van der Waals surface area contributed by atoms with Crippen molar-refractivity contribution in [1.29, 1.82) is 0 Å². The van der Waals surface area contributed by atoms with Gasteiger partial charge in [0.25, 0.3) is 17.7 Å². The number of piperidine rings is 1. The van der Waals surface area contributed by atoms with Crippen molar-refractivity contribution >= 4 is 51.9 Å². The summed E-state index contributed by atoms with van der Waals surface area (Å²) in [5, 5.41) is 14.2. The highest BCUT2D eigenvalue weighted by Crippen LogP contribution is 2.48. The normalized spacial score (nSPS) is 21.8. The lowest BCUT2D eigenvalue weighted by Gasteiger charge is -2.38. The van der Waals surface area contributed by atoms with Gasteiger partial charge in [0.1, 0.15) is 17.6 Å². The third kappa shape index (κ3) is 7.23. The number of fused-ring (bicyclic) bond motifs is 2. The Hall–Kier alpha value is -6.26. The van der Waals surface area contributed by atoms with Crippen molar-refractivity contribution in [3.63, 3.8) is 0 Å². The maximum absolute atomic E-state index is 13.7. The van der Waals surface area contributed by atoms with E-state index in [2.05, 4.69) is 47.6 Å². The molecule has 5 aromatic rings. The fraction of sp³-hybridized carbons (Fsp3) is 0.409. The van der Waals surface area contributed by atoms with Crippen LogP contribution in [0.5, 0.6) is 0 Å². The fourth-order valence-corrected chi connectivity index (χ4v) is 9.40. The number of aromatic nitrogens is 5. The number of amides is 5. The molecule has 16 nitrogen and oxygen atoms in total. The molecule has 2 atom stereocenters. The molecular formula is C44H47N11O5. The molecule has 1 aliphatic carbocycles. The summed E-state index contributed by atoms with van der Waals surface area (Å²) in [6.07, 6.45) is 6.81. The Labute approximate surface area is 346 Å². The van der Waals surface area contributed by atoms with E-state index in [0.717, 1.165) is 85.1 Å². The number of rotatable bonds is 11. The molecule has 3 saturated heterocycles. The second-order valence-corrected chi connectivity index (χ2v) is 17.1. The predicted molar refractivity (Wildman–Crippen MR) is 222 cm³/mol. The van der Waals surface area contributed by atoms with E-state index in [4.69, 9.17) is 4.98 Å². The van der Waals surface area contributed by atoms with Gasteiger partial charge >= 0.3 is 0 Å². The summed E-state index contributed by atoms with van der Waals surface area (Å²) in [6, 6.07) is 18.0. The second kappa shape index (κ2) is 15.1. The largest absolute Gasteiger partial charge is 0.368 e. The van der Waals surface area contributed by atoms with Crippen LogP contribution in [0.15, 0.2) is 66.9 Å². The first kappa shape index (κ1) is 38.0. The van der Waals surface area contributed by atoms with Crippen molar-refractivity contribution in [2.45, 2.75) is 70.6 Å². The summed E-state index contributed by atoms with van der Waals surface area (Å²) >= 11 is 0. The molecule has 0 spiro atoms. The first-order chi connectivity index (χ1) is 29.1. The highest BCUT2D eigenvalue weighted by molar-refractivity contribution is 6.25. The number of imide groups is 2. The predicted octanol–water partition coefficient (Wildman–Crippen LogP) is 4.06. The van der Waals surface area contributed by atoms with Crippen LogP contribution in [0, 0.1) is 5.41 Å². The van der Waals surface area contributed by atoms with Gasteiger partial charge < -0.3 is 15.2 Å². The standard InChI is InChI=1S/C44H47N11O5/c1-27-4-3-17-53(27)24-37-46-32-12-11-30(22-33(32)47-37)45-40(57)29-9-7-28(8-10-29)34-23-54(50-49-34)26-44(15-16-44)25-51-18-20-52(21-19-51)35-6-2-5-31-39(35)43(60)55(42(31)59)36-13-14-38(56)48-41(36)58/h2,5-12,22-23,27,36H,3-4,13-21,24-26H2,1H3,(H,45,57)(H,46,47)(H,48,56,58)/t27-,36?/m0/s1. The van der Waals surface area contributed by atoms with Crippen LogP contribution in [0.2, 0.25) is 0 Å². The first-order valence-corrected chi connectivity index (χ1v) is 21.0. The van der Waals surface area contributed by atoms with Crippen molar-refractivity contribution < 1.29 is 24.0 Å². The molecule has 0 bridgehead atoms. The summed E-state index contributed by atoms with van der Waals surface area (Å²) in [5.41, 5.74) is 6.07. The molecule has 3 N–H and O–H groups in total. The zero-order chi connectivity index (χ0) is 41.1. The van der Waals surface area contributed by atoms with E-state index in [-0.39, 0.29) is 24.2 Å². The minimum Gasteiger partial charge on any atom is -0.368 e. The molecule has 5 amide bonds. The number of anilines is 2. The van der Waals surface area contributed by atoms with Crippen LogP contribution in [-0.4, -0.2) is 121 Å². The number of nitrogens with one attached hydrogen (secondary N) is 3. The monoisotopic (exact) mass is 809 g/mol. The summed E-state index contributed by atoms with van der Waals surface area (Å²) in [6.45, 7) is 8.78. The zero-order valence-electron chi connectivity index (χ0n) is 33.5. The van der Waals surface area contributed by atoms with Crippen LogP contribution in [0.3, 0.4) is 0 Å². The van der Waals surface area contributed by atoms with Gasteiger partial charge in [0.05, 0.1) is 40.6 Å². The van der Waals surface area contributed by atoms with Gasteiger partial charge in [-0.25, -0.2) is 4.98 Å². The Morgan fingerprint density at radius 2 is 1.73 bits per heavy atom. The van der Waals surface area contributed by atoms with Crippen molar-refractivity contribution in [3.05, 3.63) is 89.4 Å². The lowest BCUT2D eigenvalue weighted by Crippen LogP contribution is -2.54. The lowest BCUT2D eigenvalue weighted by molar-refractivity contribution is -0.136. The first-order valence-electron chi connectivity index (χ1n) is 21.0. The van der Waals surface area contributed by atoms with Gasteiger partial charge in [0.2, 0.25) is 11.8 Å². The van der Waals surface area contributed by atoms with Crippen LogP contribution in [0.1, 0.15) is 82.3 Å². The van der Waals surface area contributed by atoms with Crippen molar-refractivity contribution in [2.24, 2.45) is 5.41 Å². The average Bonchev–Trinajstić information content (AvgIpc) is 3.57. The number of aromatic amines is 1. The lowest BCUT2D eigenvalue weighted by atomic mass is 10.0.